The number of fused-ring (bicyclic) bond motifs is 1. The third-order valence-electron chi connectivity index (χ3n) is 3.84. The monoisotopic (exact) mass is 210 g/mol. The van der Waals surface area contributed by atoms with Gasteiger partial charge in [-0.2, -0.15) is 0 Å². The van der Waals surface area contributed by atoms with Crippen LogP contribution in [0.2, 0.25) is 0 Å². The second kappa shape index (κ2) is 4.97. The number of piperidine rings is 2. The molecule has 0 saturated carbocycles. The molecule has 2 rings (SSSR count). The van der Waals surface area contributed by atoms with Crippen molar-refractivity contribution in [2.45, 2.75) is 45.1 Å². The van der Waals surface area contributed by atoms with Crippen molar-refractivity contribution in [2.75, 3.05) is 19.6 Å². The summed E-state index contributed by atoms with van der Waals surface area (Å²) < 4.78 is 0. The van der Waals surface area contributed by atoms with Gasteiger partial charge < -0.3 is 10.2 Å². The molecule has 1 N–H and O–H groups in total. The van der Waals surface area contributed by atoms with Gasteiger partial charge in [-0.05, 0) is 44.7 Å². The molecule has 1 amide bonds. The van der Waals surface area contributed by atoms with E-state index in [0.717, 1.165) is 12.6 Å². The summed E-state index contributed by atoms with van der Waals surface area (Å²) in [7, 11) is 0. The zero-order chi connectivity index (χ0) is 10.7. The Morgan fingerprint density at radius 3 is 2.87 bits per heavy atom. The fourth-order valence-corrected chi connectivity index (χ4v) is 3.09. The van der Waals surface area contributed by atoms with E-state index < -0.39 is 0 Å². The van der Waals surface area contributed by atoms with Crippen LogP contribution in [0.15, 0.2) is 0 Å². The van der Waals surface area contributed by atoms with E-state index in [1.165, 1.54) is 45.2 Å². The molecular formula is C12H22N2O. The Bertz CT molecular complexity index is 228. The largest absolute Gasteiger partial charge is 0.356 e. The number of nitrogens with one attached hydrogen (secondary N) is 1. The van der Waals surface area contributed by atoms with Gasteiger partial charge in [0.15, 0.2) is 0 Å². The molecule has 3 heteroatoms. The molecule has 0 spiro atoms. The van der Waals surface area contributed by atoms with Crippen molar-refractivity contribution in [2.24, 2.45) is 5.92 Å². The molecule has 0 aromatic carbocycles. The fraction of sp³-hybridized carbons (Fsp3) is 0.917. The molecule has 2 aliphatic rings. The summed E-state index contributed by atoms with van der Waals surface area (Å²) in [4.78, 5) is 13.6. The normalized spacial score (nSPS) is 32.1. The van der Waals surface area contributed by atoms with Crippen molar-refractivity contribution in [1.82, 2.24) is 10.2 Å². The molecule has 2 fully saturated rings. The summed E-state index contributed by atoms with van der Waals surface area (Å²) in [6, 6.07) is 0.749. The van der Waals surface area contributed by atoms with Crippen LogP contribution in [0.25, 0.3) is 0 Å². The quantitative estimate of drug-likeness (QED) is 0.747. The number of hydrogen-bond acceptors (Lipinski definition) is 2. The van der Waals surface area contributed by atoms with Gasteiger partial charge in [0.25, 0.3) is 0 Å². The average molecular weight is 210 g/mol. The van der Waals surface area contributed by atoms with Gasteiger partial charge >= 0.3 is 0 Å². The van der Waals surface area contributed by atoms with E-state index in [1.54, 1.807) is 6.92 Å². The summed E-state index contributed by atoms with van der Waals surface area (Å²) in [5.74, 6) is 0.811. The molecule has 0 aromatic rings. The van der Waals surface area contributed by atoms with Crippen molar-refractivity contribution in [1.29, 1.82) is 0 Å². The lowest BCUT2D eigenvalue weighted by atomic mass is 9.83. The maximum absolute atomic E-state index is 10.9. The first kappa shape index (κ1) is 10.9. The molecule has 0 unspecified atom stereocenters. The highest BCUT2D eigenvalue weighted by atomic mass is 16.1. The molecule has 0 radical (unpaired) electrons. The van der Waals surface area contributed by atoms with Crippen molar-refractivity contribution >= 4 is 5.91 Å². The van der Waals surface area contributed by atoms with Gasteiger partial charge in [-0.1, -0.05) is 6.42 Å². The predicted molar refractivity (Wildman–Crippen MR) is 60.6 cm³/mol. The molecule has 2 saturated heterocycles. The summed E-state index contributed by atoms with van der Waals surface area (Å²) >= 11 is 0. The lowest BCUT2D eigenvalue weighted by Crippen LogP contribution is -2.50. The van der Waals surface area contributed by atoms with E-state index >= 15 is 0 Å². The van der Waals surface area contributed by atoms with Crippen molar-refractivity contribution in [3.63, 3.8) is 0 Å². The second-order valence-corrected chi connectivity index (χ2v) is 4.94. The van der Waals surface area contributed by atoms with Gasteiger partial charge in [-0.3, -0.25) is 4.79 Å². The third kappa shape index (κ3) is 2.71. The highest BCUT2D eigenvalue weighted by Crippen LogP contribution is 2.30. The lowest BCUT2D eigenvalue weighted by Gasteiger charge is -2.44. The van der Waals surface area contributed by atoms with E-state index in [-0.39, 0.29) is 5.91 Å². The average Bonchev–Trinajstić information content (AvgIpc) is 2.26. The molecule has 86 valence electrons. The molecule has 0 aromatic heterocycles. The summed E-state index contributed by atoms with van der Waals surface area (Å²) in [5.41, 5.74) is 0. The number of nitrogens with zero attached hydrogens (tertiary/aromatic N) is 1. The van der Waals surface area contributed by atoms with Crippen molar-refractivity contribution in [3.8, 4) is 0 Å². The molecule has 2 atom stereocenters. The van der Waals surface area contributed by atoms with Gasteiger partial charge in [-0.15, -0.1) is 0 Å². The summed E-state index contributed by atoms with van der Waals surface area (Å²) in [6.07, 6.45) is 6.67. The highest BCUT2D eigenvalue weighted by Gasteiger charge is 2.32. The molecule has 2 heterocycles. The first-order valence-electron chi connectivity index (χ1n) is 6.26. The topological polar surface area (TPSA) is 32.3 Å². The molecule has 3 nitrogen and oxygen atoms in total. The van der Waals surface area contributed by atoms with Crippen LogP contribution in [-0.2, 0) is 4.79 Å². The van der Waals surface area contributed by atoms with Crippen molar-refractivity contribution < 1.29 is 4.79 Å². The minimum Gasteiger partial charge on any atom is -0.356 e. The van der Waals surface area contributed by atoms with Crippen LogP contribution >= 0.6 is 0 Å². The predicted octanol–water partition coefficient (Wildman–Crippen LogP) is 1.39. The Morgan fingerprint density at radius 1 is 1.27 bits per heavy atom. The maximum atomic E-state index is 10.9. The number of amides is 1. The smallest absolute Gasteiger partial charge is 0.216 e. The van der Waals surface area contributed by atoms with Gasteiger partial charge in [0.2, 0.25) is 5.91 Å². The Morgan fingerprint density at radius 2 is 2.07 bits per heavy atom. The third-order valence-corrected chi connectivity index (χ3v) is 3.84. The van der Waals surface area contributed by atoms with E-state index in [1.807, 2.05) is 0 Å². The number of rotatable bonds is 2. The number of carbonyl (C=O) groups excluding carboxylic acids is 1. The second-order valence-electron chi connectivity index (χ2n) is 4.94. The van der Waals surface area contributed by atoms with Gasteiger partial charge in [-0.25, -0.2) is 0 Å². The maximum Gasteiger partial charge on any atom is 0.216 e. The number of carbonyl (C=O) groups is 1. The zero-order valence-corrected chi connectivity index (χ0v) is 9.67. The number of hydrogen-bond donors (Lipinski definition) is 1. The molecule has 15 heavy (non-hydrogen) atoms. The minimum absolute atomic E-state index is 0.114. The van der Waals surface area contributed by atoms with Crippen LogP contribution in [0.3, 0.4) is 0 Å². The Labute approximate surface area is 92.2 Å². The van der Waals surface area contributed by atoms with Crippen LogP contribution in [0.4, 0.5) is 0 Å². The van der Waals surface area contributed by atoms with E-state index in [0.29, 0.717) is 5.92 Å². The Hall–Kier alpha value is -0.570. The Balaban J connectivity index is 1.88. The van der Waals surface area contributed by atoms with Gasteiger partial charge in [0.1, 0.15) is 0 Å². The van der Waals surface area contributed by atoms with Gasteiger partial charge in [0.05, 0.1) is 0 Å². The molecular weight excluding hydrogens is 188 g/mol. The zero-order valence-electron chi connectivity index (χ0n) is 9.67. The van der Waals surface area contributed by atoms with Crippen molar-refractivity contribution in [3.05, 3.63) is 0 Å². The van der Waals surface area contributed by atoms with E-state index in [4.69, 9.17) is 0 Å². The minimum atomic E-state index is 0.114. The first-order valence-corrected chi connectivity index (χ1v) is 6.26. The van der Waals surface area contributed by atoms with Crippen LogP contribution in [-0.4, -0.2) is 36.5 Å². The van der Waals surface area contributed by atoms with Crippen LogP contribution in [0, 0.1) is 5.92 Å². The van der Waals surface area contributed by atoms with E-state index in [2.05, 4.69) is 10.2 Å². The van der Waals surface area contributed by atoms with Crippen LogP contribution in [0.1, 0.15) is 39.0 Å². The van der Waals surface area contributed by atoms with Crippen LogP contribution < -0.4 is 5.32 Å². The first-order chi connectivity index (χ1) is 7.27. The highest BCUT2D eigenvalue weighted by molar-refractivity contribution is 5.72. The Kier molecular flexibility index (Phi) is 3.62. The fourth-order valence-electron chi connectivity index (χ4n) is 3.09. The summed E-state index contributed by atoms with van der Waals surface area (Å²) in [5, 5.41) is 2.98. The SMILES string of the molecule is CC(=O)NC[C@@H]1CCCN2CCCC[C@@H]12. The molecule has 0 bridgehead atoms. The van der Waals surface area contributed by atoms with E-state index in [9.17, 15) is 4.79 Å². The lowest BCUT2D eigenvalue weighted by molar-refractivity contribution is -0.119. The standard InChI is InChI=1S/C12H22N2O/c1-10(15)13-9-11-5-4-8-14-7-3-2-6-12(11)14/h11-12H,2-9H2,1H3,(H,13,15)/t11-,12-/m0/s1. The summed E-state index contributed by atoms with van der Waals surface area (Å²) in [6.45, 7) is 5.06. The van der Waals surface area contributed by atoms with Crippen LogP contribution in [0.5, 0.6) is 0 Å². The molecule has 2 aliphatic heterocycles. The molecule has 0 aliphatic carbocycles. The van der Waals surface area contributed by atoms with Gasteiger partial charge in [0, 0.05) is 19.5 Å².